The Morgan fingerprint density at radius 3 is 2.26 bits per heavy atom. The molecule has 0 radical (unpaired) electrons. The van der Waals surface area contributed by atoms with Gasteiger partial charge >= 0.3 is 12.1 Å². The number of ether oxygens (including phenoxy) is 1. The Balaban J connectivity index is 2.21. The van der Waals surface area contributed by atoms with Gasteiger partial charge in [0.25, 0.3) is 0 Å². The van der Waals surface area contributed by atoms with Gasteiger partial charge in [0, 0.05) is 24.8 Å². The van der Waals surface area contributed by atoms with Gasteiger partial charge in [0.1, 0.15) is 12.1 Å². The van der Waals surface area contributed by atoms with Crippen molar-refractivity contribution in [2.45, 2.75) is 52.3 Å². The third-order valence-corrected chi connectivity index (χ3v) is 4.68. The van der Waals surface area contributed by atoms with Crippen LogP contribution in [-0.2, 0) is 26.9 Å². The topological polar surface area (TPSA) is 63.0 Å². The third-order valence-electron chi connectivity index (χ3n) is 4.68. The minimum absolute atomic E-state index is 0.173. The number of carbonyl (C=O) groups is 2. The summed E-state index contributed by atoms with van der Waals surface area (Å²) in [6.45, 7) is 13.7. The van der Waals surface area contributed by atoms with Crippen molar-refractivity contribution in [1.29, 1.82) is 0 Å². The van der Waals surface area contributed by atoms with E-state index in [1.807, 2.05) is 12.1 Å². The SMILES string of the molecule is [C-]#[N+]c1ccc(N(CCCc2ccc(NC(C)=O)cc2)CC(=O)OC(C)(C)C)cc1C(F)(F)F. The zero-order valence-corrected chi connectivity index (χ0v) is 19.6. The molecule has 182 valence electrons. The van der Waals surface area contributed by atoms with Crippen molar-refractivity contribution >= 4 is 28.9 Å². The van der Waals surface area contributed by atoms with Gasteiger partial charge in [0.05, 0.1) is 12.1 Å². The first-order valence-corrected chi connectivity index (χ1v) is 10.7. The van der Waals surface area contributed by atoms with Crippen molar-refractivity contribution in [2.24, 2.45) is 0 Å². The van der Waals surface area contributed by atoms with E-state index >= 15 is 0 Å². The molecule has 0 heterocycles. The highest BCUT2D eigenvalue weighted by molar-refractivity contribution is 5.88. The van der Waals surface area contributed by atoms with Gasteiger partial charge in [0.2, 0.25) is 5.91 Å². The average Bonchev–Trinajstić information content (AvgIpc) is 2.71. The standard InChI is InChI=1S/C25H28F3N3O3/c1-17(32)30-19-10-8-18(9-11-19)7-6-14-31(16-23(33)34-24(2,3)4)20-12-13-22(29-5)21(15-20)25(26,27)28/h8-13,15H,6-7,14,16H2,1-4H3,(H,30,32). The Morgan fingerprint density at radius 2 is 1.74 bits per heavy atom. The molecule has 0 aliphatic rings. The van der Waals surface area contributed by atoms with Crippen molar-refractivity contribution in [3.63, 3.8) is 0 Å². The lowest BCUT2D eigenvalue weighted by Crippen LogP contribution is -2.35. The molecule has 1 N–H and O–H groups in total. The van der Waals surface area contributed by atoms with Gasteiger partial charge in [-0.3, -0.25) is 9.59 Å². The normalized spacial score (nSPS) is 11.5. The van der Waals surface area contributed by atoms with Crippen LogP contribution < -0.4 is 10.2 Å². The highest BCUT2D eigenvalue weighted by atomic mass is 19.4. The number of hydrogen-bond donors (Lipinski definition) is 1. The zero-order valence-electron chi connectivity index (χ0n) is 19.6. The maximum Gasteiger partial charge on any atom is 0.407 e. The maximum atomic E-state index is 13.5. The van der Waals surface area contributed by atoms with Crippen LogP contribution in [0.4, 0.5) is 30.2 Å². The zero-order chi connectivity index (χ0) is 25.5. The predicted molar refractivity (Wildman–Crippen MR) is 125 cm³/mol. The molecule has 2 aromatic rings. The summed E-state index contributed by atoms with van der Waals surface area (Å²) in [6, 6.07) is 10.7. The first-order chi connectivity index (χ1) is 15.8. The summed E-state index contributed by atoms with van der Waals surface area (Å²) in [6.07, 6.45) is -3.53. The second kappa shape index (κ2) is 11.1. The predicted octanol–water partition coefficient (Wildman–Crippen LogP) is 6.00. The van der Waals surface area contributed by atoms with E-state index in [-0.39, 0.29) is 18.1 Å². The molecule has 0 atom stereocenters. The quantitative estimate of drug-likeness (QED) is 0.376. The minimum Gasteiger partial charge on any atom is -0.459 e. The van der Waals surface area contributed by atoms with Gasteiger partial charge in [-0.05, 0) is 63.4 Å². The fourth-order valence-corrected chi connectivity index (χ4v) is 3.31. The smallest absolute Gasteiger partial charge is 0.407 e. The van der Waals surface area contributed by atoms with Crippen molar-refractivity contribution in [1.82, 2.24) is 0 Å². The van der Waals surface area contributed by atoms with Crippen LogP contribution in [-0.4, -0.2) is 30.6 Å². The lowest BCUT2D eigenvalue weighted by atomic mass is 10.1. The third kappa shape index (κ3) is 8.43. The van der Waals surface area contributed by atoms with Crippen molar-refractivity contribution in [3.05, 3.63) is 65.0 Å². The summed E-state index contributed by atoms with van der Waals surface area (Å²) in [4.78, 5) is 28.1. The number of nitrogens with zero attached hydrogens (tertiary/aromatic N) is 2. The first kappa shape index (κ1) is 26.7. The summed E-state index contributed by atoms with van der Waals surface area (Å²) >= 11 is 0. The molecule has 0 saturated carbocycles. The van der Waals surface area contributed by atoms with Crippen molar-refractivity contribution in [3.8, 4) is 0 Å². The molecular formula is C25H28F3N3O3. The van der Waals surface area contributed by atoms with E-state index in [0.29, 0.717) is 25.1 Å². The molecule has 0 aromatic heterocycles. The molecule has 0 spiro atoms. The second-order valence-corrected chi connectivity index (χ2v) is 8.80. The number of amides is 1. The van der Waals surface area contributed by atoms with Crippen LogP contribution in [0.25, 0.3) is 4.85 Å². The summed E-state index contributed by atoms with van der Waals surface area (Å²) in [5.74, 6) is -0.733. The summed E-state index contributed by atoms with van der Waals surface area (Å²) in [7, 11) is 0. The highest BCUT2D eigenvalue weighted by Crippen LogP contribution is 2.38. The lowest BCUT2D eigenvalue weighted by Gasteiger charge is -2.27. The fraction of sp³-hybridized carbons (Fsp3) is 0.400. The van der Waals surface area contributed by atoms with Crippen LogP contribution in [0.2, 0.25) is 0 Å². The van der Waals surface area contributed by atoms with Gasteiger partial charge < -0.3 is 15.0 Å². The van der Waals surface area contributed by atoms with Gasteiger partial charge in [-0.1, -0.05) is 18.2 Å². The molecule has 0 saturated heterocycles. The van der Waals surface area contributed by atoms with E-state index < -0.39 is 29.0 Å². The first-order valence-electron chi connectivity index (χ1n) is 10.7. The number of nitrogens with one attached hydrogen (secondary N) is 1. The molecule has 0 aliphatic heterocycles. The number of anilines is 2. The average molecular weight is 476 g/mol. The van der Waals surface area contributed by atoms with E-state index in [0.717, 1.165) is 17.7 Å². The monoisotopic (exact) mass is 475 g/mol. The molecule has 34 heavy (non-hydrogen) atoms. The highest BCUT2D eigenvalue weighted by Gasteiger charge is 2.34. The molecule has 6 nitrogen and oxygen atoms in total. The Morgan fingerprint density at radius 1 is 1.09 bits per heavy atom. The van der Waals surface area contributed by atoms with Gasteiger partial charge in [0.15, 0.2) is 5.69 Å². The molecular weight excluding hydrogens is 447 g/mol. The van der Waals surface area contributed by atoms with Crippen molar-refractivity contribution < 1.29 is 27.5 Å². The summed E-state index contributed by atoms with van der Waals surface area (Å²) in [5, 5.41) is 2.68. The van der Waals surface area contributed by atoms with Gasteiger partial charge in [-0.15, -0.1) is 0 Å². The van der Waals surface area contributed by atoms with E-state index in [4.69, 9.17) is 11.3 Å². The Labute approximate surface area is 197 Å². The number of rotatable bonds is 8. The molecule has 9 heteroatoms. The summed E-state index contributed by atoms with van der Waals surface area (Å²) in [5.41, 5.74) is -0.432. The number of esters is 1. The Hall–Kier alpha value is -3.54. The van der Waals surface area contributed by atoms with Crippen LogP contribution in [0, 0.1) is 6.57 Å². The molecule has 1 amide bonds. The molecule has 2 aromatic carbocycles. The number of carbonyl (C=O) groups excluding carboxylic acids is 2. The molecule has 0 bridgehead atoms. The van der Waals surface area contributed by atoms with Gasteiger partial charge in [-0.25, -0.2) is 4.85 Å². The number of hydrogen-bond acceptors (Lipinski definition) is 4. The fourth-order valence-electron chi connectivity index (χ4n) is 3.31. The largest absolute Gasteiger partial charge is 0.459 e. The Bertz CT molecular complexity index is 1050. The second-order valence-electron chi connectivity index (χ2n) is 8.80. The van der Waals surface area contributed by atoms with Crippen molar-refractivity contribution in [2.75, 3.05) is 23.3 Å². The molecule has 2 rings (SSSR count). The number of alkyl halides is 3. The molecule has 0 aliphatic carbocycles. The molecule has 0 unspecified atom stereocenters. The number of halogens is 3. The van der Waals surface area contributed by atoms with Gasteiger partial charge in [-0.2, -0.15) is 13.2 Å². The number of aryl methyl sites for hydroxylation is 1. The van der Waals surface area contributed by atoms with Crippen LogP contribution in [0.15, 0.2) is 42.5 Å². The Kier molecular flexibility index (Phi) is 8.68. The minimum atomic E-state index is -4.69. The lowest BCUT2D eigenvalue weighted by molar-refractivity contribution is -0.153. The van der Waals surface area contributed by atoms with E-state index in [2.05, 4.69) is 10.2 Å². The summed E-state index contributed by atoms with van der Waals surface area (Å²) < 4.78 is 45.8. The van der Waals surface area contributed by atoms with E-state index in [1.54, 1.807) is 32.9 Å². The van der Waals surface area contributed by atoms with Crippen LogP contribution in [0.3, 0.4) is 0 Å². The van der Waals surface area contributed by atoms with Crippen LogP contribution in [0.1, 0.15) is 45.2 Å². The van der Waals surface area contributed by atoms with E-state index in [9.17, 15) is 22.8 Å². The molecule has 0 fully saturated rings. The number of benzene rings is 2. The maximum absolute atomic E-state index is 13.5. The van der Waals surface area contributed by atoms with Crippen LogP contribution in [0.5, 0.6) is 0 Å². The van der Waals surface area contributed by atoms with Crippen LogP contribution >= 0.6 is 0 Å². The van der Waals surface area contributed by atoms with E-state index in [1.165, 1.54) is 17.9 Å².